The lowest BCUT2D eigenvalue weighted by molar-refractivity contribution is -0.383. The molecule has 0 aliphatic heterocycles. The van der Waals surface area contributed by atoms with Crippen LogP contribution in [0.25, 0.3) is 11.3 Å². The first-order valence-electron chi connectivity index (χ1n) is 4.82. The summed E-state index contributed by atoms with van der Waals surface area (Å²) in [6.45, 7) is 0. The number of nitrogens with zero attached hydrogens (tertiary/aromatic N) is 3. The molecule has 19 heavy (non-hydrogen) atoms. The van der Waals surface area contributed by atoms with Crippen LogP contribution in [0.15, 0.2) is 18.5 Å². The average molecular weight is 270 g/mol. The van der Waals surface area contributed by atoms with Crippen LogP contribution in [-0.2, 0) is 0 Å². The number of hydrogen-bond acceptors (Lipinski definition) is 5. The second-order valence-electron chi connectivity index (χ2n) is 3.44. The predicted octanol–water partition coefficient (Wildman–Crippen LogP) is 2.05. The van der Waals surface area contributed by atoms with Gasteiger partial charge in [-0.15, -0.1) is 0 Å². The van der Waals surface area contributed by atoms with E-state index < -0.39 is 45.1 Å². The number of nitrogen functional groups attached to an aromatic ring is 1. The van der Waals surface area contributed by atoms with Crippen molar-refractivity contribution in [2.45, 2.75) is 0 Å². The molecule has 0 saturated carbocycles. The lowest BCUT2D eigenvalue weighted by atomic mass is 10.1. The van der Waals surface area contributed by atoms with Crippen molar-refractivity contribution < 1.29 is 18.1 Å². The Hall–Kier alpha value is -2.71. The summed E-state index contributed by atoms with van der Waals surface area (Å²) in [7, 11) is 0. The minimum Gasteiger partial charge on any atom is -0.378 e. The number of aromatic nitrogens is 2. The zero-order chi connectivity index (χ0) is 14.2. The maximum atomic E-state index is 13.6. The van der Waals surface area contributed by atoms with Gasteiger partial charge in [0.05, 0.1) is 4.92 Å². The summed E-state index contributed by atoms with van der Waals surface area (Å²) >= 11 is 0. The standard InChI is InChI=1S/C10H5F3N4O2/c11-5-2-1-4(6(12)7(5)13)8-9(17(18)19)10(14)16-3-15-8/h1-3H,(H2,14,15,16). The Balaban J connectivity index is 2.77. The molecule has 0 unspecified atom stereocenters. The van der Waals surface area contributed by atoms with Crippen molar-refractivity contribution in [3.8, 4) is 11.3 Å². The molecule has 1 heterocycles. The van der Waals surface area contributed by atoms with Crippen LogP contribution in [-0.4, -0.2) is 14.9 Å². The van der Waals surface area contributed by atoms with Gasteiger partial charge in [0, 0.05) is 5.56 Å². The highest BCUT2D eigenvalue weighted by Crippen LogP contribution is 2.33. The Labute approximate surface area is 103 Å². The van der Waals surface area contributed by atoms with E-state index in [1.165, 1.54) is 0 Å². The summed E-state index contributed by atoms with van der Waals surface area (Å²) in [6.07, 6.45) is 0.859. The first kappa shape index (κ1) is 12.7. The molecule has 98 valence electrons. The van der Waals surface area contributed by atoms with Gasteiger partial charge in [-0.05, 0) is 12.1 Å². The van der Waals surface area contributed by atoms with Gasteiger partial charge in [0.2, 0.25) is 5.82 Å². The molecule has 0 amide bonds. The Morgan fingerprint density at radius 3 is 2.47 bits per heavy atom. The molecule has 0 spiro atoms. The molecule has 1 aromatic heterocycles. The number of benzene rings is 1. The van der Waals surface area contributed by atoms with Crippen LogP contribution in [0.5, 0.6) is 0 Å². The Morgan fingerprint density at radius 2 is 1.84 bits per heavy atom. The van der Waals surface area contributed by atoms with Crippen molar-refractivity contribution in [1.82, 2.24) is 9.97 Å². The molecule has 0 bridgehead atoms. The minimum atomic E-state index is -1.75. The van der Waals surface area contributed by atoms with Crippen LogP contribution in [0.3, 0.4) is 0 Å². The van der Waals surface area contributed by atoms with Crippen molar-refractivity contribution in [3.63, 3.8) is 0 Å². The SMILES string of the molecule is Nc1ncnc(-c2ccc(F)c(F)c2F)c1[N+](=O)[O-]. The molecule has 1 aromatic carbocycles. The molecule has 6 nitrogen and oxygen atoms in total. The molecular formula is C10H5F3N4O2. The monoisotopic (exact) mass is 270 g/mol. The van der Waals surface area contributed by atoms with Crippen molar-refractivity contribution in [2.24, 2.45) is 0 Å². The van der Waals surface area contributed by atoms with Gasteiger partial charge in [-0.2, -0.15) is 0 Å². The van der Waals surface area contributed by atoms with E-state index in [0.717, 1.165) is 12.4 Å². The number of halogens is 3. The van der Waals surface area contributed by atoms with Gasteiger partial charge in [-0.25, -0.2) is 23.1 Å². The lowest BCUT2D eigenvalue weighted by Crippen LogP contribution is -2.04. The fraction of sp³-hybridized carbons (Fsp3) is 0. The molecule has 2 rings (SSSR count). The van der Waals surface area contributed by atoms with Crippen LogP contribution in [0, 0.1) is 27.6 Å². The fourth-order valence-corrected chi connectivity index (χ4v) is 1.48. The molecular weight excluding hydrogens is 265 g/mol. The second kappa shape index (κ2) is 4.52. The van der Waals surface area contributed by atoms with Gasteiger partial charge in [0.25, 0.3) is 0 Å². The van der Waals surface area contributed by atoms with E-state index in [9.17, 15) is 23.3 Å². The summed E-state index contributed by atoms with van der Waals surface area (Å²) in [5.74, 6) is -5.24. The highest BCUT2D eigenvalue weighted by Gasteiger charge is 2.26. The highest BCUT2D eigenvalue weighted by atomic mass is 19.2. The minimum absolute atomic E-state index is 0.501. The summed E-state index contributed by atoms with van der Waals surface area (Å²) in [5, 5.41) is 10.8. The lowest BCUT2D eigenvalue weighted by Gasteiger charge is -2.05. The third-order valence-electron chi connectivity index (χ3n) is 2.32. The van der Waals surface area contributed by atoms with Crippen molar-refractivity contribution in [1.29, 1.82) is 0 Å². The largest absolute Gasteiger partial charge is 0.378 e. The quantitative estimate of drug-likeness (QED) is 0.512. The van der Waals surface area contributed by atoms with E-state index in [2.05, 4.69) is 9.97 Å². The van der Waals surface area contributed by atoms with Crippen LogP contribution >= 0.6 is 0 Å². The fourth-order valence-electron chi connectivity index (χ4n) is 1.48. The van der Waals surface area contributed by atoms with Gasteiger partial charge in [0.1, 0.15) is 6.33 Å². The molecule has 2 N–H and O–H groups in total. The maximum Gasteiger partial charge on any atom is 0.337 e. The first-order chi connectivity index (χ1) is 8.93. The molecule has 9 heteroatoms. The molecule has 0 radical (unpaired) electrons. The number of rotatable bonds is 2. The van der Waals surface area contributed by atoms with Gasteiger partial charge in [-0.1, -0.05) is 0 Å². The Kier molecular flexibility index (Phi) is 3.03. The molecule has 0 aliphatic rings. The molecule has 0 saturated heterocycles. The van der Waals surface area contributed by atoms with Gasteiger partial charge < -0.3 is 5.73 Å². The smallest absolute Gasteiger partial charge is 0.337 e. The van der Waals surface area contributed by atoms with E-state index in [-0.39, 0.29) is 0 Å². The van der Waals surface area contributed by atoms with Crippen molar-refractivity contribution >= 4 is 11.5 Å². The van der Waals surface area contributed by atoms with Gasteiger partial charge in [-0.3, -0.25) is 10.1 Å². The van der Waals surface area contributed by atoms with Crippen LogP contribution in [0.4, 0.5) is 24.7 Å². The van der Waals surface area contributed by atoms with E-state index in [1.807, 2.05) is 0 Å². The van der Waals surface area contributed by atoms with Crippen LogP contribution in [0.1, 0.15) is 0 Å². The van der Waals surface area contributed by atoms with Crippen molar-refractivity contribution in [2.75, 3.05) is 5.73 Å². The normalized spacial score (nSPS) is 10.5. The molecule has 0 aliphatic carbocycles. The third kappa shape index (κ3) is 2.05. The molecule has 2 aromatic rings. The highest BCUT2D eigenvalue weighted by molar-refractivity contribution is 5.75. The second-order valence-corrected chi connectivity index (χ2v) is 3.44. The molecule has 0 atom stereocenters. The zero-order valence-corrected chi connectivity index (χ0v) is 9.10. The molecule has 0 fully saturated rings. The Bertz CT molecular complexity index is 678. The predicted molar refractivity (Wildman–Crippen MR) is 58.4 cm³/mol. The third-order valence-corrected chi connectivity index (χ3v) is 2.32. The summed E-state index contributed by atoms with van der Waals surface area (Å²) in [5.41, 5.74) is 3.43. The summed E-state index contributed by atoms with van der Waals surface area (Å²) < 4.78 is 39.5. The summed E-state index contributed by atoms with van der Waals surface area (Å²) in [4.78, 5) is 16.8. The van der Waals surface area contributed by atoms with E-state index >= 15 is 0 Å². The zero-order valence-electron chi connectivity index (χ0n) is 9.10. The average Bonchev–Trinajstić information content (AvgIpc) is 2.35. The number of nitrogens with two attached hydrogens (primary N) is 1. The summed E-state index contributed by atoms with van der Waals surface area (Å²) in [6, 6.07) is 1.47. The Morgan fingerprint density at radius 1 is 1.16 bits per heavy atom. The number of nitro groups is 1. The maximum absolute atomic E-state index is 13.6. The first-order valence-corrected chi connectivity index (χ1v) is 4.82. The van der Waals surface area contributed by atoms with E-state index in [4.69, 9.17) is 5.73 Å². The topological polar surface area (TPSA) is 94.9 Å². The number of hydrogen-bond donors (Lipinski definition) is 1. The van der Waals surface area contributed by atoms with Crippen LogP contribution < -0.4 is 5.73 Å². The van der Waals surface area contributed by atoms with Gasteiger partial charge in [0.15, 0.2) is 23.1 Å². The van der Waals surface area contributed by atoms with Crippen molar-refractivity contribution in [3.05, 3.63) is 46.0 Å². The van der Waals surface area contributed by atoms with Gasteiger partial charge >= 0.3 is 5.69 Å². The van der Waals surface area contributed by atoms with E-state index in [0.29, 0.717) is 6.07 Å². The van der Waals surface area contributed by atoms with E-state index in [1.54, 1.807) is 0 Å². The number of anilines is 1. The van der Waals surface area contributed by atoms with Crippen LogP contribution in [0.2, 0.25) is 0 Å².